The molecule has 1 atom stereocenters. The maximum absolute atomic E-state index is 12.6. The standard InChI is InChI=1S/C17H21N3O3/c1-17(2)9-20(8-7-12(17)18)15-13(16(22)23)14(21)10-5-3-4-6-11(10)19-15/h3-6,12H,7-9,18H2,1-2H3,(H,19,21)(H,22,23). The Morgan fingerprint density at radius 2 is 2.09 bits per heavy atom. The first-order valence-corrected chi connectivity index (χ1v) is 7.70. The number of aromatic nitrogens is 1. The first-order valence-electron chi connectivity index (χ1n) is 7.70. The van der Waals surface area contributed by atoms with Gasteiger partial charge in [-0.3, -0.25) is 4.79 Å². The molecule has 6 nitrogen and oxygen atoms in total. The second kappa shape index (κ2) is 5.38. The molecule has 1 saturated heterocycles. The summed E-state index contributed by atoms with van der Waals surface area (Å²) in [6.45, 7) is 5.34. The number of hydrogen-bond acceptors (Lipinski definition) is 4. The molecule has 122 valence electrons. The molecule has 0 aliphatic carbocycles. The zero-order valence-electron chi connectivity index (χ0n) is 13.3. The van der Waals surface area contributed by atoms with Gasteiger partial charge >= 0.3 is 5.97 Å². The van der Waals surface area contributed by atoms with Crippen LogP contribution in [0.2, 0.25) is 0 Å². The summed E-state index contributed by atoms with van der Waals surface area (Å²) in [5.41, 5.74) is 6.00. The Labute approximate surface area is 133 Å². The fraction of sp³-hybridized carbons (Fsp3) is 0.412. The van der Waals surface area contributed by atoms with E-state index in [0.717, 1.165) is 6.42 Å². The molecule has 1 aromatic carbocycles. The highest BCUT2D eigenvalue weighted by Gasteiger charge is 2.35. The number of carbonyl (C=O) groups is 1. The third-order valence-corrected chi connectivity index (χ3v) is 4.73. The first kappa shape index (κ1) is 15.6. The Hall–Kier alpha value is -2.34. The largest absolute Gasteiger partial charge is 0.477 e. The van der Waals surface area contributed by atoms with Gasteiger partial charge in [-0.05, 0) is 24.0 Å². The number of piperidine rings is 1. The monoisotopic (exact) mass is 315 g/mol. The zero-order chi connectivity index (χ0) is 16.8. The van der Waals surface area contributed by atoms with Crippen molar-refractivity contribution in [2.24, 2.45) is 11.1 Å². The molecule has 3 rings (SSSR count). The normalized spacial score (nSPS) is 20.7. The first-order chi connectivity index (χ1) is 10.8. The minimum Gasteiger partial charge on any atom is -0.477 e. The van der Waals surface area contributed by atoms with Crippen LogP contribution in [-0.2, 0) is 0 Å². The lowest BCUT2D eigenvalue weighted by Crippen LogP contribution is -2.53. The van der Waals surface area contributed by atoms with Gasteiger partial charge in [0.2, 0.25) is 5.43 Å². The number of benzene rings is 1. The Morgan fingerprint density at radius 1 is 1.39 bits per heavy atom. The van der Waals surface area contributed by atoms with Crippen molar-refractivity contribution in [3.63, 3.8) is 0 Å². The molecule has 1 unspecified atom stereocenters. The Kier molecular flexibility index (Phi) is 3.64. The topological polar surface area (TPSA) is 99.4 Å². The fourth-order valence-corrected chi connectivity index (χ4v) is 3.22. The smallest absolute Gasteiger partial charge is 0.343 e. The lowest BCUT2D eigenvalue weighted by atomic mass is 9.79. The third-order valence-electron chi connectivity index (χ3n) is 4.73. The third kappa shape index (κ3) is 2.59. The van der Waals surface area contributed by atoms with Crippen LogP contribution in [0, 0.1) is 5.41 Å². The number of nitrogens with two attached hydrogens (primary N) is 1. The van der Waals surface area contributed by atoms with Gasteiger partial charge in [-0.1, -0.05) is 26.0 Å². The van der Waals surface area contributed by atoms with E-state index >= 15 is 0 Å². The number of carboxylic acids is 1. The average Bonchev–Trinajstić information content (AvgIpc) is 2.49. The number of pyridine rings is 1. The molecule has 2 aromatic rings. The molecule has 0 saturated carbocycles. The van der Waals surface area contributed by atoms with Crippen molar-refractivity contribution in [3.8, 4) is 0 Å². The number of H-pyrrole nitrogens is 1. The molecule has 1 aromatic heterocycles. The molecule has 0 radical (unpaired) electrons. The van der Waals surface area contributed by atoms with Crippen LogP contribution in [0.3, 0.4) is 0 Å². The van der Waals surface area contributed by atoms with Crippen LogP contribution in [0.4, 0.5) is 5.82 Å². The predicted molar refractivity (Wildman–Crippen MR) is 90.1 cm³/mol. The summed E-state index contributed by atoms with van der Waals surface area (Å²) in [5.74, 6) is -0.833. The van der Waals surface area contributed by atoms with Gasteiger partial charge < -0.3 is 20.7 Å². The summed E-state index contributed by atoms with van der Waals surface area (Å²) < 4.78 is 0. The van der Waals surface area contributed by atoms with Crippen LogP contribution in [0.1, 0.15) is 30.6 Å². The lowest BCUT2D eigenvalue weighted by molar-refractivity contribution is 0.0695. The van der Waals surface area contributed by atoms with Gasteiger partial charge in [-0.15, -0.1) is 0 Å². The molecular weight excluding hydrogens is 294 g/mol. The number of hydrogen-bond donors (Lipinski definition) is 3. The second-order valence-corrected chi connectivity index (χ2v) is 6.83. The number of aromatic carboxylic acids is 1. The van der Waals surface area contributed by atoms with Gasteiger partial charge in [0.1, 0.15) is 11.4 Å². The molecular formula is C17H21N3O3. The van der Waals surface area contributed by atoms with Gasteiger partial charge in [0.25, 0.3) is 0 Å². The number of fused-ring (bicyclic) bond motifs is 1. The molecule has 0 amide bonds. The minimum atomic E-state index is -1.21. The lowest BCUT2D eigenvalue weighted by Gasteiger charge is -2.43. The van der Waals surface area contributed by atoms with Crippen molar-refractivity contribution in [1.82, 2.24) is 4.98 Å². The second-order valence-electron chi connectivity index (χ2n) is 6.83. The van der Waals surface area contributed by atoms with E-state index in [4.69, 9.17) is 5.73 Å². The Bertz CT molecular complexity index is 825. The highest BCUT2D eigenvalue weighted by Crippen LogP contribution is 2.31. The molecule has 0 bridgehead atoms. The quantitative estimate of drug-likeness (QED) is 0.784. The van der Waals surface area contributed by atoms with Crippen molar-refractivity contribution in [2.75, 3.05) is 18.0 Å². The maximum Gasteiger partial charge on any atom is 0.343 e. The summed E-state index contributed by atoms with van der Waals surface area (Å²) in [5, 5.41) is 9.94. The molecule has 4 N–H and O–H groups in total. The maximum atomic E-state index is 12.6. The number of aromatic amines is 1. The molecule has 1 aliphatic rings. The van der Waals surface area contributed by atoms with Crippen molar-refractivity contribution < 1.29 is 9.90 Å². The summed E-state index contributed by atoms with van der Waals surface area (Å²) >= 11 is 0. The van der Waals surface area contributed by atoms with Crippen LogP contribution in [0.15, 0.2) is 29.1 Å². The highest BCUT2D eigenvalue weighted by atomic mass is 16.4. The number of para-hydroxylation sites is 1. The summed E-state index contributed by atoms with van der Waals surface area (Å²) in [7, 11) is 0. The number of rotatable bonds is 2. The highest BCUT2D eigenvalue weighted by molar-refractivity contribution is 5.98. The van der Waals surface area contributed by atoms with E-state index in [1.54, 1.807) is 18.2 Å². The average molecular weight is 315 g/mol. The summed E-state index contributed by atoms with van der Waals surface area (Å²) in [6, 6.07) is 7.02. The van der Waals surface area contributed by atoms with Gasteiger partial charge in [0.15, 0.2) is 0 Å². The summed E-state index contributed by atoms with van der Waals surface area (Å²) in [6.07, 6.45) is 0.751. The van der Waals surface area contributed by atoms with Crippen molar-refractivity contribution in [1.29, 1.82) is 0 Å². The number of nitrogens with one attached hydrogen (secondary N) is 1. The van der Waals surface area contributed by atoms with E-state index in [2.05, 4.69) is 18.8 Å². The van der Waals surface area contributed by atoms with Crippen molar-refractivity contribution in [3.05, 3.63) is 40.1 Å². The number of nitrogens with zero attached hydrogens (tertiary/aromatic N) is 1. The minimum absolute atomic E-state index is 0.0548. The van der Waals surface area contributed by atoms with Crippen molar-refractivity contribution in [2.45, 2.75) is 26.3 Å². The Morgan fingerprint density at radius 3 is 2.74 bits per heavy atom. The van der Waals surface area contributed by atoms with E-state index in [9.17, 15) is 14.7 Å². The van der Waals surface area contributed by atoms with Gasteiger partial charge in [-0.25, -0.2) is 4.79 Å². The molecule has 6 heteroatoms. The molecule has 23 heavy (non-hydrogen) atoms. The molecule has 1 fully saturated rings. The van der Waals surface area contributed by atoms with Crippen molar-refractivity contribution >= 4 is 22.7 Å². The van der Waals surface area contributed by atoms with Crippen LogP contribution in [0.25, 0.3) is 10.9 Å². The summed E-state index contributed by atoms with van der Waals surface area (Å²) in [4.78, 5) is 29.4. The number of carboxylic acid groups (broad SMARTS) is 1. The van der Waals surface area contributed by atoms with E-state index in [1.165, 1.54) is 0 Å². The molecule has 0 spiro atoms. The van der Waals surface area contributed by atoms with Gasteiger partial charge in [0.05, 0.1) is 5.52 Å². The van der Waals surface area contributed by atoms with Crippen LogP contribution in [-0.4, -0.2) is 35.2 Å². The fourth-order valence-electron chi connectivity index (χ4n) is 3.22. The SMILES string of the molecule is CC1(C)CN(c2[nH]c3ccccc3c(=O)c2C(=O)O)CCC1N. The molecule has 1 aliphatic heterocycles. The van der Waals surface area contributed by atoms with E-state index in [-0.39, 0.29) is 17.0 Å². The van der Waals surface area contributed by atoms with E-state index in [0.29, 0.717) is 29.8 Å². The van der Waals surface area contributed by atoms with E-state index in [1.807, 2.05) is 11.0 Å². The van der Waals surface area contributed by atoms with Gasteiger partial charge in [0, 0.05) is 24.5 Å². The Balaban J connectivity index is 2.19. The predicted octanol–water partition coefficient (Wildman–Crippen LogP) is 1.79. The van der Waals surface area contributed by atoms with Crippen LogP contribution in [0.5, 0.6) is 0 Å². The van der Waals surface area contributed by atoms with Crippen LogP contribution < -0.4 is 16.1 Å². The number of anilines is 1. The zero-order valence-corrected chi connectivity index (χ0v) is 13.3. The van der Waals surface area contributed by atoms with Crippen LogP contribution >= 0.6 is 0 Å². The molecule has 2 heterocycles. The van der Waals surface area contributed by atoms with Gasteiger partial charge in [-0.2, -0.15) is 0 Å². The van der Waals surface area contributed by atoms with E-state index < -0.39 is 11.4 Å².